The molecule has 1 aromatic heterocycles. The van der Waals surface area contributed by atoms with Gasteiger partial charge < -0.3 is 20.4 Å². The molecule has 0 radical (unpaired) electrons. The molecule has 6 rings (SSSR count). The van der Waals surface area contributed by atoms with Gasteiger partial charge in [-0.1, -0.05) is 12.1 Å². The average Bonchev–Trinajstić information content (AvgIpc) is 3.52. The highest BCUT2D eigenvalue weighted by Gasteiger charge is 2.57. The van der Waals surface area contributed by atoms with Crippen LogP contribution in [0.3, 0.4) is 0 Å². The molecule has 4 aliphatic rings. The van der Waals surface area contributed by atoms with E-state index < -0.39 is 22.5 Å². The summed E-state index contributed by atoms with van der Waals surface area (Å²) in [6, 6.07) is 5.73. The molecule has 2 aliphatic carbocycles. The number of benzene rings is 1. The van der Waals surface area contributed by atoms with Crippen molar-refractivity contribution in [2.75, 3.05) is 5.32 Å². The SMILES string of the molecule is O=C1C(C2=NS(=O)(=O)c3c(CO)csc3N2)=C(O)C2C([C@@H]3CC[C@H]2C3)N1Cc1ccc(F)cc1. The summed E-state index contributed by atoms with van der Waals surface area (Å²) in [5, 5.41) is 25.5. The number of aliphatic hydroxyl groups is 2. The van der Waals surface area contributed by atoms with Crippen molar-refractivity contribution < 1.29 is 27.8 Å². The van der Waals surface area contributed by atoms with E-state index >= 15 is 0 Å². The number of hydrogen-bond acceptors (Lipinski definition) is 7. The third-order valence-corrected chi connectivity index (χ3v) is 9.95. The van der Waals surface area contributed by atoms with Crippen LogP contribution in [0.15, 0.2) is 50.3 Å². The molecule has 178 valence electrons. The van der Waals surface area contributed by atoms with E-state index in [9.17, 15) is 27.8 Å². The maximum atomic E-state index is 13.8. The van der Waals surface area contributed by atoms with E-state index in [0.29, 0.717) is 0 Å². The van der Waals surface area contributed by atoms with Gasteiger partial charge >= 0.3 is 0 Å². The zero-order valence-corrected chi connectivity index (χ0v) is 19.6. The van der Waals surface area contributed by atoms with Crippen LogP contribution in [0, 0.1) is 23.6 Å². The number of rotatable bonds is 4. The van der Waals surface area contributed by atoms with Crippen molar-refractivity contribution in [3.05, 3.63) is 57.9 Å². The molecule has 2 unspecified atom stereocenters. The Morgan fingerprint density at radius 3 is 2.68 bits per heavy atom. The maximum absolute atomic E-state index is 13.8. The molecule has 1 aromatic carbocycles. The summed E-state index contributed by atoms with van der Waals surface area (Å²) in [7, 11) is -4.18. The lowest BCUT2D eigenvalue weighted by atomic mass is 9.77. The highest BCUT2D eigenvalue weighted by molar-refractivity contribution is 7.90. The first-order valence-corrected chi connectivity index (χ1v) is 13.4. The molecule has 2 saturated carbocycles. The van der Waals surface area contributed by atoms with Gasteiger partial charge in [0.25, 0.3) is 15.9 Å². The van der Waals surface area contributed by atoms with E-state index in [1.165, 1.54) is 17.5 Å². The summed E-state index contributed by atoms with van der Waals surface area (Å²) in [5.41, 5.74) is 0.843. The number of nitrogens with zero attached hydrogens (tertiary/aromatic N) is 2. The van der Waals surface area contributed by atoms with Gasteiger partial charge in [-0.25, -0.2) is 4.39 Å². The third-order valence-electron chi connectivity index (χ3n) is 7.47. The van der Waals surface area contributed by atoms with Gasteiger partial charge in [0.1, 0.15) is 27.0 Å². The lowest BCUT2D eigenvalue weighted by Crippen LogP contribution is -2.53. The van der Waals surface area contributed by atoms with Crippen LogP contribution in [0.1, 0.15) is 30.4 Å². The van der Waals surface area contributed by atoms with Gasteiger partial charge in [-0.05, 0) is 54.2 Å². The third kappa shape index (κ3) is 3.14. The Balaban J connectivity index is 1.44. The molecule has 4 atom stereocenters. The summed E-state index contributed by atoms with van der Waals surface area (Å²) >= 11 is 1.09. The summed E-state index contributed by atoms with van der Waals surface area (Å²) in [6.07, 6.45) is 2.81. The van der Waals surface area contributed by atoms with E-state index in [2.05, 4.69) is 9.71 Å². The van der Waals surface area contributed by atoms with Gasteiger partial charge in [-0.2, -0.15) is 8.42 Å². The molecule has 2 aromatic rings. The lowest BCUT2D eigenvalue weighted by molar-refractivity contribution is -0.134. The quantitative estimate of drug-likeness (QED) is 0.590. The predicted octanol–water partition coefficient (Wildman–Crippen LogP) is 3.16. The van der Waals surface area contributed by atoms with Crippen LogP contribution in [0.5, 0.6) is 0 Å². The molecule has 2 aliphatic heterocycles. The topological polar surface area (TPSA) is 119 Å². The number of hydrogen-bond donors (Lipinski definition) is 3. The second-order valence-electron chi connectivity index (χ2n) is 9.29. The minimum absolute atomic E-state index is 0.104. The van der Waals surface area contributed by atoms with Gasteiger partial charge in [0.2, 0.25) is 0 Å². The highest BCUT2D eigenvalue weighted by Crippen LogP contribution is 2.55. The van der Waals surface area contributed by atoms with Crippen LogP contribution in [-0.2, 0) is 28.0 Å². The fourth-order valence-corrected chi connectivity index (χ4v) is 8.69. The largest absolute Gasteiger partial charge is 0.511 e. The summed E-state index contributed by atoms with van der Waals surface area (Å²) < 4.78 is 43.2. The van der Waals surface area contributed by atoms with Crippen LogP contribution < -0.4 is 5.32 Å². The van der Waals surface area contributed by atoms with Gasteiger partial charge in [0.15, 0.2) is 5.84 Å². The molecule has 11 heteroatoms. The molecular weight excluding hydrogens is 481 g/mol. The van der Waals surface area contributed by atoms with Crippen molar-refractivity contribution in [2.45, 2.75) is 43.4 Å². The number of carbonyl (C=O) groups is 1. The van der Waals surface area contributed by atoms with Crippen molar-refractivity contribution in [3.8, 4) is 0 Å². The zero-order chi connectivity index (χ0) is 23.8. The molecule has 2 bridgehead atoms. The van der Waals surface area contributed by atoms with Crippen LogP contribution in [0.2, 0.25) is 0 Å². The predicted molar refractivity (Wildman–Crippen MR) is 123 cm³/mol. The fraction of sp³-hybridized carbons (Fsp3) is 0.391. The monoisotopic (exact) mass is 503 g/mol. The second kappa shape index (κ2) is 7.62. The number of amides is 1. The van der Waals surface area contributed by atoms with Crippen LogP contribution >= 0.6 is 11.3 Å². The Morgan fingerprint density at radius 1 is 1.21 bits per heavy atom. The Hall–Kier alpha value is -2.76. The molecule has 3 heterocycles. The minimum Gasteiger partial charge on any atom is -0.511 e. The Bertz CT molecular complexity index is 1370. The van der Waals surface area contributed by atoms with E-state index in [0.717, 1.165) is 36.2 Å². The Labute approximate surface area is 199 Å². The Morgan fingerprint density at radius 2 is 1.94 bits per heavy atom. The molecule has 3 N–H and O–H groups in total. The minimum atomic E-state index is -4.18. The number of amidine groups is 1. The Kier molecular flexibility index (Phi) is 4.88. The number of thiophene rings is 1. The summed E-state index contributed by atoms with van der Waals surface area (Å²) in [6.45, 7) is -0.234. The first-order valence-electron chi connectivity index (χ1n) is 11.1. The molecule has 34 heavy (non-hydrogen) atoms. The number of aliphatic hydroxyl groups excluding tert-OH is 2. The van der Waals surface area contributed by atoms with E-state index in [1.54, 1.807) is 17.0 Å². The van der Waals surface area contributed by atoms with E-state index in [-0.39, 0.29) is 68.8 Å². The van der Waals surface area contributed by atoms with Gasteiger partial charge in [0, 0.05) is 24.1 Å². The van der Waals surface area contributed by atoms with Crippen molar-refractivity contribution in [1.82, 2.24) is 4.90 Å². The van der Waals surface area contributed by atoms with E-state index in [4.69, 9.17) is 0 Å². The van der Waals surface area contributed by atoms with E-state index in [1.807, 2.05) is 0 Å². The average molecular weight is 504 g/mol. The van der Waals surface area contributed by atoms with Crippen molar-refractivity contribution >= 4 is 38.1 Å². The van der Waals surface area contributed by atoms with Crippen LogP contribution in [0.4, 0.5) is 9.39 Å². The maximum Gasteiger partial charge on any atom is 0.287 e. The molecule has 0 spiro atoms. The normalized spacial score (nSPS) is 29.1. The van der Waals surface area contributed by atoms with Gasteiger partial charge in [0.05, 0.1) is 6.61 Å². The summed E-state index contributed by atoms with van der Waals surface area (Å²) in [4.78, 5) is 15.4. The number of fused-ring (bicyclic) bond motifs is 6. The van der Waals surface area contributed by atoms with Crippen molar-refractivity contribution in [3.63, 3.8) is 0 Å². The van der Waals surface area contributed by atoms with Crippen LogP contribution in [0.25, 0.3) is 0 Å². The molecule has 2 fully saturated rings. The zero-order valence-electron chi connectivity index (χ0n) is 17.9. The standard InChI is InChI=1S/C23H22FN3O5S2/c24-15-5-1-11(2-6-15)8-27-18-13-4-3-12(7-13)16(18)19(29)17(23(27)30)21-25-22-20(34(31,32)26-21)14(9-28)10-33-22/h1-2,5-6,10,12-13,16,18,28-29H,3-4,7-9H2,(H,25,26)/t12-,13+,16?,18?/m0/s1. The highest BCUT2D eigenvalue weighted by atomic mass is 32.2. The summed E-state index contributed by atoms with van der Waals surface area (Å²) in [5.74, 6) is -1.02. The number of carbonyl (C=O) groups excluding carboxylic acids is 1. The number of halogens is 1. The van der Waals surface area contributed by atoms with Crippen molar-refractivity contribution in [2.24, 2.45) is 22.2 Å². The van der Waals surface area contributed by atoms with Crippen LogP contribution in [-0.4, -0.2) is 41.3 Å². The smallest absolute Gasteiger partial charge is 0.287 e. The number of sulfonamides is 1. The number of anilines is 1. The molecular formula is C23H22FN3O5S2. The van der Waals surface area contributed by atoms with Gasteiger partial charge in [-0.15, -0.1) is 15.7 Å². The molecule has 1 amide bonds. The molecule has 8 nitrogen and oxygen atoms in total. The first kappa shape index (κ1) is 21.8. The van der Waals surface area contributed by atoms with Crippen molar-refractivity contribution in [1.29, 1.82) is 0 Å². The second-order valence-corrected chi connectivity index (χ2v) is 11.7. The van der Waals surface area contributed by atoms with Gasteiger partial charge in [-0.3, -0.25) is 4.79 Å². The lowest BCUT2D eigenvalue weighted by Gasteiger charge is -2.44. The first-order chi connectivity index (χ1) is 16.3. The number of nitrogens with one attached hydrogen (secondary N) is 1. The molecule has 0 saturated heterocycles. The fourth-order valence-electron chi connectivity index (χ4n) is 6.10.